The van der Waals surface area contributed by atoms with E-state index in [0.29, 0.717) is 17.5 Å². The molecule has 0 bridgehead atoms. The van der Waals surface area contributed by atoms with Crippen molar-refractivity contribution in [2.24, 2.45) is 5.92 Å². The van der Waals surface area contributed by atoms with Gasteiger partial charge in [-0.3, -0.25) is 5.32 Å². The fraction of sp³-hybridized carbons (Fsp3) is 0.625. The highest BCUT2D eigenvalue weighted by atomic mass is 15.2. The number of nitrogens with one attached hydrogen (secondary N) is 2. The van der Waals surface area contributed by atoms with Gasteiger partial charge < -0.3 is 5.32 Å². The second-order valence-corrected chi connectivity index (χ2v) is 6.57. The number of rotatable bonds is 1. The molecule has 0 unspecified atom stereocenters. The molecule has 2 N–H and O–H groups in total. The Morgan fingerprint density at radius 3 is 3.06 bits per heavy atom. The zero-order valence-electron chi connectivity index (χ0n) is 11.3. The van der Waals surface area contributed by atoms with E-state index in [1.807, 2.05) is 0 Å². The van der Waals surface area contributed by atoms with E-state index in [1.165, 1.54) is 37.1 Å². The summed E-state index contributed by atoms with van der Waals surface area (Å²) in [5, 5.41) is 7.41. The Labute approximate surface area is 109 Å². The molecule has 1 aliphatic carbocycles. The van der Waals surface area contributed by atoms with Crippen molar-refractivity contribution in [2.45, 2.75) is 50.6 Å². The highest BCUT2D eigenvalue weighted by Gasteiger charge is 2.57. The summed E-state index contributed by atoms with van der Waals surface area (Å²) in [5.41, 5.74) is 4.87. The summed E-state index contributed by atoms with van der Waals surface area (Å²) < 4.78 is 0. The molecule has 0 amide bonds. The zero-order valence-corrected chi connectivity index (χ0v) is 11.3. The molecule has 1 saturated carbocycles. The topological polar surface area (TPSA) is 24.1 Å². The fourth-order valence-corrected chi connectivity index (χ4v) is 4.49. The summed E-state index contributed by atoms with van der Waals surface area (Å²) >= 11 is 0. The van der Waals surface area contributed by atoms with Gasteiger partial charge in [0.15, 0.2) is 0 Å². The lowest BCUT2D eigenvalue weighted by molar-refractivity contribution is 0.368. The molecule has 0 radical (unpaired) electrons. The number of benzene rings is 1. The minimum Gasteiger partial charge on any atom is -0.369 e. The average molecular weight is 242 g/mol. The van der Waals surface area contributed by atoms with Crippen molar-refractivity contribution in [1.82, 2.24) is 5.32 Å². The van der Waals surface area contributed by atoms with Crippen LogP contribution in [0.2, 0.25) is 0 Å². The van der Waals surface area contributed by atoms with Crippen molar-refractivity contribution in [3.8, 4) is 0 Å². The molecule has 2 heteroatoms. The van der Waals surface area contributed by atoms with E-state index in [4.69, 9.17) is 0 Å². The maximum Gasteiger partial charge on any atom is 0.0871 e. The second-order valence-electron chi connectivity index (χ2n) is 6.57. The van der Waals surface area contributed by atoms with Gasteiger partial charge in [0.05, 0.1) is 6.17 Å². The average Bonchev–Trinajstić information content (AvgIpc) is 2.97. The van der Waals surface area contributed by atoms with E-state index in [-0.39, 0.29) is 0 Å². The van der Waals surface area contributed by atoms with Crippen molar-refractivity contribution in [3.63, 3.8) is 0 Å². The molecular weight excluding hydrogens is 220 g/mol. The van der Waals surface area contributed by atoms with Crippen molar-refractivity contribution >= 4 is 5.69 Å². The predicted octanol–water partition coefficient (Wildman–Crippen LogP) is 3.20. The van der Waals surface area contributed by atoms with Crippen LogP contribution in [0.25, 0.3) is 0 Å². The smallest absolute Gasteiger partial charge is 0.0871 e. The van der Waals surface area contributed by atoms with Crippen molar-refractivity contribution in [3.05, 3.63) is 29.3 Å². The third-order valence-corrected chi connectivity index (χ3v) is 5.47. The van der Waals surface area contributed by atoms with Gasteiger partial charge >= 0.3 is 0 Å². The van der Waals surface area contributed by atoms with Crippen molar-refractivity contribution in [2.75, 3.05) is 11.9 Å². The molecule has 2 fully saturated rings. The number of hydrogen-bond donors (Lipinski definition) is 2. The number of hydrogen-bond acceptors (Lipinski definition) is 2. The standard InChI is InChI=1S/C16H22N2/c1-10(2)11-5-6-14-13(8-11)16-7-3-4-12(16)9-17-15(16)18-14/h5-6,8,10,12,15,17-18H,3-4,7,9H2,1-2H3/t12-,15+,16-/m0/s1. The Morgan fingerprint density at radius 2 is 2.22 bits per heavy atom. The molecule has 0 aromatic heterocycles. The van der Waals surface area contributed by atoms with Crippen LogP contribution in [0.15, 0.2) is 18.2 Å². The molecule has 1 saturated heterocycles. The molecule has 2 heterocycles. The number of anilines is 1. The van der Waals surface area contributed by atoms with Gasteiger partial charge in [0.2, 0.25) is 0 Å². The molecule has 3 atom stereocenters. The summed E-state index contributed by atoms with van der Waals surface area (Å²) in [7, 11) is 0. The molecule has 1 spiro atoms. The Kier molecular flexibility index (Phi) is 2.12. The number of fused-ring (bicyclic) bond motifs is 1. The maximum atomic E-state index is 3.71. The first-order chi connectivity index (χ1) is 8.72. The van der Waals surface area contributed by atoms with Crippen LogP contribution in [0.3, 0.4) is 0 Å². The largest absolute Gasteiger partial charge is 0.369 e. The summed E-state index contributed by atoms with van der Waals surface area (Å²) in [6.07, 6.45) is 4.64. The Hall–Kier alpha value is -1.02. The molecule has 1 aromatic rings. The maximum absolute atomic E-state index is 3.71. The van der Waals surface area contributed by atoms with Crippen LogP contribution in [0.4, 0.5) is 5.69 Å². The zero-order chi connectivity index (χ0) is 12.3. The van der Waals surface area contributed by atoms with E-state index in [0.717, 1.165) is 5.92 Å². The molecule has 4 rings (SSSR count). The molecule has 1 aromatic carbocycles. The fourth-order valence-electron chi connectivity index (χ4n) is 4.49. The molecule has 2 nitrogen and oxygen atoms in total. The van der Waals surface area contributed by atoms with Crippen molar-refractivity contribution < 1.29 is 0 Å². The summed E-state index contributed by atoms with van der Waals surface area (Å²) in [4.78, 5) is 0. The Morgan fingerprint density at radius 1 is 1.33 bits per heavy atom. The molecule has 2 aliphatic heterocycles. The summed E-state index contributed by atoms with van der Waals surface area (Å²) in [6.45, 7) is 5.78. The molecule has 3 aliphatic rings. The van der Waals surface area contributed by atoms with Crippen LogP contribution < -0.4 is 10.6 Å². The monoisotopic (exact) mass is 242 g/mol. The van der Waals surface area contributed by atoms with E-state index >= 15 is 0 Å². The van der Waals surface area contributed by atoms with E-state index < -0.39 is 0 Å². The van der Waals surface area contributed by atoms with Crippen LogP contribution in [-0.2, 0) is 5.41 Å². The highest BCUT2D eigenvalue weighted by Crippen LogP contribution is 2.56. The van der Waals surface area contributed by atoms with Gasteiger partial charge in [0.1, 0.15) is 0 Å². The first-order valence-electron chi connectivity index (χ1n) is 7.36. The van der Waals surface area contributed by atoms with Crippen LogP contribution in [0.1, 0.15) is 50.2 Å². The van der Waals surface area contributed by atoms with Crippen LogP contribution in [0, 0.1) is 5.92 Å². The Bertz CT molecular complexity index is 494. The highest BCUT2D eigenvalue weighted by molar-refractivity contribution is 5.64. The van der Waals surface area contributed by atoms with E-state index in [2.05, 4.69) is 42.7 Å². The van der Waals surface area contributed by atoms with Gasteiger partial charge in [-0.1, -0.05) is 32.4 Å². The quantitative estimate of drug-likeness (QED) is 0.790. The van der Waals surface area contributed by atoms with Crippen LogP contribution in [0.5, 0.6) is 0 Å². The van der Waals surface area contributed by atoms with E-state index in [9.17, 15) is 0 Å². The molecule has 96 valence electrons. The van der Waals surface area contributed by atoms with Gasteiger partial charge in [-0.15, -0.1) is 0 Å². The van der Waals surface area contributed by atoms with Gasteiger partial charge in [0, 0.05) is 17.6 Å². The first-order valence-corrected chi connectivity index (χ1v) is 7.36. The minimum atomic E-state index is 0.403. The lowest BCUT2D eigenvalue weighted by atomic mass is 9.73. The lowest BCUT2D eigenvalue weighted by Crippen LogP contribution is -2.40. The third kappa shape index (κ3) is 1.17. The lowest BCUT2D eigenvalue weighted by Gasteiger charge is -2.29. The van der Waals surface area contributed by atoms with E-state index in [1.54, 1.807) is 5.56 Å². The van der Waals surface area contributed by atoms with Gasteiger partial charge in [0.25, 0.3) is 0 Å². The van der Waals surface area contributed by atoms with Crippen molar-refractivity contribution in [1.29, 1.82) is 0 Å². The first kappa shape index (κ1) is 10.9. The predicted molar refractivity (Wildman–Crippen MR) is 75.0 cm³/mol. The normalized spacial score (nSPS) is 36.4. The Balaban J connectivity index is 1.87. The minimum absolute atomic E-state index is 0.403. The third-order valence-electron chi connectivity index (χ3n) is 5.47. The molecule has 18 heavy (non-hydrogen) atoms. The summed E-state index contributed by atoms with van der Waals surface area (Å²) in [5.74, 6) is 1.47. The summed E-state index contributed by atoms with van der Waals surface area (Å²) in [6, 6.07) is 7.07. The SMILES string of the molecule is CC(C)c1ccc2c(c1)[C@]13CCC[C@H]1CN[C@@H]3N2. The molecular formula is C16H22N2. The van der Waals surface area contributed by atoms with Crippen LogP contribution in [-0.4, -0.2) is 12.7 Å². The van der Waals surface area contributed by atoms with Crippen LogP contribution >= 0.6 is 0 Å². The second kappa shape index (κ2) is 3.51. The van der Waals surface area contributed by atoms with Gasteiger partial charge in [-0.05, 0) is 41.9 Å². The van der Waals surface area contributed by atoms with Gasteiger partial charge in [-0.2, -0.15) is 0 Å². The van der Waals surface area contributed by atoms with Gasteiger partial charge in [-0.25, -0.2) is 0 Å².